The van der Waals surface area contributed by atoms with Gasteiger partial charge in [0, 0.05) is 25.2 Å². The van der Waals surface area contributed by atoms with Crippen LogP contribution in [0.5, 0.6) is 0 Å². The van der Waals surface area contributed by atoms with E-state index in [1.807, 2.05) is 0 Å². The minimum atomic E-state index is -2.24. The molecule has 36 heavy (non-hydrogen) atoms. The highest BCUT2D eigenvalue weighted by molar-refractivity contribution is 6.74. The van der Waals surface area contributed by atoms with Crippen molar-refractivity contribution < 1.29 is 28.1 Å². The van der Waals surface area contributed by atoms with Gasteiger partial charge in [0.05, 0.1) is 16.6 Å². The molecule has 0 radical (unpaired) electrons. The first-order valence-electron chi connectivity index (χ1n) is 12.2. The SMILES string of the molecule is CC(C)N(CC[C@H](CNC(=O)OC(C)(C)C)O[Si](C)(C)C(C)(C)C)C(=O)c1cccc([N+](=O)[O-])c1F. The van der Waals surface area contributed by atoms with Crippen molar-refractivity contribution in [3.05, 3.63) is 39.7 Å². The molecule has 0 bridgehead atoms. The maximum atomic E-state index is 14.7. The molecule has 1 aromatic rings. The summed E-state index contributed by atoms with van der Waals surface area (Å²) in [7, 11) is -2.24. The standard InChI is InChI=1S/C25H42FN3O6Si/c1-17(2)28(22(30)19-12-11-13-20(21(19)26)29(32)33)15-14-18(35-36(9,10)25(6,7)8)16-27-23(31)34-24(3,4)5/h11-13,17-18H,14-16H2,1-10H3,(H,27,31)/t18-/m1/s1. The van der Waals surface area contributed by atoms with E-state index >= 15 is 0 Å². The Labute approximate surface area is 215 Å². The maximum Gasteiger partial charge on any atom is 0.407 e. The predicted octanol–water partition coefficient (Wildman–Crippen LogP) is 5.89. The molecule has 11 heteroatoms. The van der Waals surface area contributed by atoms with E-state index < -0.39 is 48.5 Å². The van der Waals surface area contributed by atoms with Crippen LogP contribution in [-0.4, -0.2) is 61.0 Å². The number of hydrogen-bond donors (Lipinski definition) is 1. The highest BCUT2D eigenvalue weighted by atomic mass is 28.4. The van der Waals surface area contributed by atoms with Gasteiger partial charge >= 0.3 is 11.8 Å². The second-order valence-corrected chi connectivity index (χ2v) is 16.4. The monoisotopic (exact) mass is 527 g/mol. The van der Waals surface area contributed by atoms with E-state index in [4.69, 9.17) is 9.16 Å². The Kier molecular flexibility index (Phi) is 10.6. The lowest BCUT2D eigenvalue weighted by Gasteiger charge is -2.40. The zero-order valence-electron chi connectivity index (χ0n) is 23.2. The highest BCUT2D eigenvalue weighted by Crippen LogP contribution is 2.37. The van der Waals surface area contributed by atoms with Gasteiger partial charge in [0.15, 0.2) is 8.32 Å². The Bertz CT molecular complexity index is 941. The molecule has 9 nitrogen and oxygen atoms in total. The van der Waals surface area contributed by atoms with Crippen LogP contribution in [0.2, 0.25) is 18.1 Å². The van der Waals surface area contributed by atoms with Crippen LogP contribution in [0.1, 0.15) is 72.2 Å². The van der Waals surface area contributed by atoms with Crippen LogP contribution in [0.25, 0.3) is 0 Å². The summed E-state index contributed by atoms with van der Waals surface area (Å²) in [6.07, 6.45) is -0.632. The minimum absolute atomic E-state index is 0.0865. The molecule has 2 amide bonds. The fraction of sp³-hybridized carbons (Fsp3) is 0.680. The largest absolute Gasteiger partial charge is 0.444 e. The zero-order valence-corrected chi connectivity index (χ0v) is 24.2. The topological polar surface area (TPSA) is 111 Å². The molecule has 1 N–H and O–H groups in total. The van der Waals surface area contributed by atoms with Crippen LogP contribution in [0.4, 0.5) is 14.9 Å². The number of hydrogen-bond acceptors (Lipinski definition) is 6. The van der Waals surface area contributed by atoms with Gasteiger partial charge in [-0.1, -0.05) is 26.8 Å². The van der Waals surface area contributed by atoms with Crippen LogP contribution in [0, 0.1) is 15.9 Å². The lowest BCUT2D eigenvalue weighted by Crippen LogP contribution is -2.49. The van der Waals surface area contributed by atoms with E-state index in [0.717, 1.165) is 6.07 Å². The fourth-order valence-corrected chi connectivity index (χ4v) is 4.55. The number of benzene rings is 1. The summed E-state index contributed by atoms with van der Waals surface area (Å²) in [6.45, 7) is 19.8. The average molecular weight is 528 g/mol. The fourth-order valence-electron chi connectivity index (χ4n) is 3.17. The van der Waals surface area contributed by atoms with Crippen molar-refractivity contribution in [2.24, 2.45) is 0 Å². The van der Waals surface area contributed by atoms with Gasteiger partial charge in [0.25, 0.3) is 5.91 Å². The molecular weight excluding hydrogens is 485 g/mol. The molecule has 0 aliphatic rings. The molecule has 0 aromatic heterocycles. The predicted molar refractivity (Wildman–Crippen MR) is 140 cm³/mol. The maximum absolute atomic E-state index is 14.7. The minimum Gasteiger partial charge on any atom is -0.444 e. The third-order valence-electron chi connectivity index (χ3n) is 6.12. The molecule has 1 rings (SSSR count). The van der Waals surface area contributed by atoms with E-state index in [2.05, 4.69) is 39.2 Å². The third-order valence-corrected chi connectivity index (χ3v) is 10.7. The van der Waals surface area contributed by atoms with E-state index in [9.17, 15) is 24.1 Å². The summed E-state index contributed by atoms with van der Waals surface area (Å²) in [6, 6.07) is 3.26. The van der Waals surface area contributed by atoms with Gasteiger partial charge in [0.1, 0.15) is 5.60 Å². The summed E-state index contributed by atoms with van der Waals surface area (Å²) in [4.78, 5) is 37.2. The van der Waals surface area contributed by atoms with Gasteiger partial charge in [0.2, 0.25) is 5.82 Å². The summed E-state index contributed by atoms with van der Waals surface area (Å²) in [5.41, 5.74) is -1.75. The Hall–Kier alpha value is -2.53. The van der Waals surface area contributed by atoms with Crippen molar-refractivity contribution in [3.8, 4) is 0 Å². The second-order valence-electron chi connectivity index (χ2n) is 11.7. The van der Waals surface area contributed by atoms with Crippen molar-refractivity contribution in [2.45, 2.75) is 97.7 Å². The van der Waals surface area contributed by atoms with E-state index in [0.29, 0.717) is 6.42 Å². The van der Waals surface area contributed by atoms with Crippen molar-refractivity contribution in [1.29, 1.82) is 0 Å². The first-order chi connectivity index (χ1) is 16.3. The first kappa shape index (κ1) is 31.5. The lowest BCUT2D eigenvalue weighted by molar-refractivity contribution is -0.387. The highest BCUT2D eigenvalue weighted by Gasteiger charge is 2.39. The summed E-state index contributed by atoms with van der Waals surface area (Å²) in [5, 5.41) is 13.8. The third kappa shape index (κ3) is 9.16. The van der Waals surface area contributed by atoms with Crippen LogP contribution < -0.4 is 5.32 Å². The first-order valence-corrected chi connectivity index (χ1v) is 15.1. The summed E-state index contributed by atoms with van der Waals surface area (Å²) >= 11 is 0. The number of alkyl carbamates (subject to hydrolysis) is 1. The number of ether oxygens (including phenoxy) is 1. The number of nitrogens with zero attached hydrogens (tertiary/aromatic N) is 2. The molecule has 1 atom stereocenters. The van der Waals surface area contributed by atoms with Crippen LogP contribution in [0.15, 0.2) is 18.2 Å². The van der Waals surface area contributed by atoms with E-state index in [-0.39, 0.29) is 29.7 Å². The van der Waals surface area contributed by atoms with Gasteiger partial charge in [-0.3, -0.25) is 14.9 Å². The Morgan fingerprint density at radius 1 is 1.17 bits per heavy atom. The van der Waals surface area contributed by atoms with Crippen LogP contribution in [0.3, 0.4) is 0 Å². The number of nitrogens with one attached hydrogen (secondary N) is 1. The summed E-state index contributed by atoms with van der Waals surface area (Å²) < 4.78 is 26.6. The molecule has 1 aromatic carbocycles. The number of rotatable bonds is 10. The molecule has 0 heterocycles. The lowest BCUT2D eigenvalue weighted by atomic mass is 10.1. The number of carbonyl (C=O) groups is 2. The van der Waals surface area contributed by atoms with Gasteiger partial charge in [-0.15, -0.1) is 0 Å². The molecule has 204 valence electrons. The molecule has 0 aliphatic heterocycles. The van der Waals surface area contributed by atoms with Crippen molar-refractivity contribution in [2.75, 3.05) is 13.1 Å². The van der Waals surface area contributed by atoms with Gasteiger partial charge < -0.3 is 19.4 Å². The molecule has 0 unspecified atom stereocenters. The quantitative estimate of drug-likeness (QED) is 0.231. The van der Waals surface area contributed by atoms with Gasteiger partial charge in [-0.25, -0.2) is 4.79 Å². The molecule has 0 saturated carbocycles. The average Bonchev–Trinajstić information content (AvgIpc) is 2.69. The van der Waals surface area contributed by atoms with E-state index in [1.165, 1.54) is 17.0 Å². The Morgan fingerprint density at radius 2 is 1.75 bits per heavy atom. The summed E-state index contributed by atoms with van der Waals surface area (Å²) in [5.74, 6) is -1.80. The normalized spacial score (nSPS) is 13.3. The Morgan fingerprint density at radius 3 is 2.22 bits per heavy atom. The smallest absolute Gasteiger partial charge is 0.407 e. The number of amides is 2. The second kappa shape index (κ2) is 12.1. The molecule has 0 spiro atoms. The van der Waals surface area contributed by atoms with Crippen molar-refractivity contribution in [1.82, 2.24) is 10.2 Å². The van der Waals surface area contributed by atoms with Crippen molar-refractivity contribution in [3.63, 3.8) is 0 Å². The van der Waals surface area contributed by atoms with Crippen LogP contribution >= 0.6 is 0 Å². The van der Waals surface area contributed by atoms with Crippen molar-refractivity contribution >= 4 is 26.0 Å². The molecular formula is C25H42FN3O6Si. The van der Waals surface area contributed by atoms with Gasteiger partial charge in [-0.05, 0) is 65.2 Å². The molecule has 0 fully saturated rings. The molecule has 0 saturated heterocycles. The number of nitro benzene ring substituents is 1. The number of nitro groups is 1. The Balaban J connectivity index is 3.13. The zero-order chi connectivity index (χ0) is 28.1. The van der Waals surface area contributed by atoms with Crippen LogP contribution in [-0.2, 0) is 9.16 Å². The molecule has 0 aliphatic carbocycles. The van der Waals surface area contributed by atoms with E-state index in [1.54, 1.807) is 34.6 Å². The number of halogens is 1. The number of carbonyl (C=O) groups excluding carboxylic acids is 2. The van der Waals surface area contributed by atoms with Gasteiger partial charge in [-0.2, -0.15) is 4.39 Å².